The van der Waals surface area contributed by atoms with Gasteiger partial charge in [-0.2, -0.15) is 0 Å². The highest BCUT2D eigenvalue weighted by atomic mass is 32.1. The van der Waals surface area contributed by atoms with Crippen LogP contribution in [0.5, 0.6) is 0 Å². The van der Waals surface area contributed by atoms with Crippen LogP contribution in [0.4, 0.5) is 0 Å². The molecule has 0 aliphatic carbocycles. The van der Waals surface area contributed by atoms with Crippen molar-refractivity contribution < 1.29 is 9.47 Å². The van der Waals surface area contributed by atoms with Crippen LogP contribution in [0, 0.1) is 5.92 Å². The first-order valence-corrected chi connectivity index (χ1v) is 9.11. The zero-order valence-electron chi connectivity index (χ0n) is 14.3. The van der Waals surface area contributed by atoms with Gasteiger partial charge in [0, 0.05) is 50.9 Å². The first-order valence-electron chi connectivity index (χ1n) is 8.23. The summed E-state index contributed by atoms with van der Waals surface area (Å²) in [6.07, 6.45) is 5.22. The van der Waals surface area contributed by atoms with Gasteiger partial charge < -0.3 is 19.7 Å². The normalized spacial score (nSPS) is 18.7. The number of fused-ring (bicyclic) bond motifs is 1. The van der Waals surface area contributed by atoms with Crippen LogP contribution in [-0.2, 0) is 16.0 Å². The Hall–Kier alpha value is -1.64. The van der Waals surface area contributed by atoms with Gasteiger partial charge in [-0.3, -0.25) is 9.39 Å². The molecule has 0 spiro atoms. The lowest BCUT2D eigenvalue weighted by atomic mass is 10.1. The molecule has 0 bridgehead atoms. The zero-order chi connectivity index (χ0) is 16.8. The van der Waals surface area contributed by atoms with E-state index < -0.39 is 0 Å². The molecule has 1 atom stereocenters. The number of nitrogens with one attached hydrogen (secondary N) is 1. The summed E-state index contributed by atoms with van der Waals surface area (Å²) in [5, 5.41) is 5.46. The van der Waals surface area contributed by atoms with Crippen LogP contribution in [-0.4, -0.2) is 67.3 Å². The largest absolute Gasteiger partial charge is 0.382 e. The fourth-order valence-corrected chi connectivity index (χ4v) is 3.64. The molecule has 3 heterocycles. The minimum atomic E-state index is 0.554. The number of guanidine groups is 1. The minimum Gasteiger partial charge on any atom is -0.382 e. The van der Waals surface area contributed by atoms with Crippen molar-refractivity contribution >= 4 is 22.3 Å². The van der Waals surface area contributed by atoms with Crippen molar-refractivity contribution in [1.82, 2.24) is 19.6 Å². The molecule has 8 heteroatoms. The van der Waals surface area contributed by atoms with Crippen molar-refractivity contribution in [3.63, 3.8) is 0 Å². The lowest BCUT2D eigenvalue weighted by Crippen LogP contribution is -2.40. The Balaban J connectivity index is 1.45. The van der Waals surface area contributed by atoms with Crippen molar-refractivity contribution in [3.8, 4) is 0 Å². The fraction of sp³-hybridized carbons (Fsp3) is 0.625. The molecule has 1 saturated heterocycles. The number of aromatic nitrogens is 2. The molecular formula is C16H25N5O2S. The van der Waals surface area contributed by atoms with Gasteiger partial charge in [0.05, 0.1) is 32.1 Å². The topological polar surface area (TPSA) is 63.4 Å². The number of hydrogen-bond acceptors (Lipinski definition) is 5. The molecule has 2 aromatic rings. The molecule has 0 amide bonds. The molecule has 1 aliphatic rings. The molecule has 0 saturated carbocycles. The average molecular weight is 351 g/mol. The standard InChI is InChI=1S/C16H25N5O2S/c1-17-15(18-9-14-11-21-5-8-24-16(21)19-14)20-4-3-13(10-20)12-23-7-6-22-2/h5,8,11,13H,3-4,6-7,9-10,12H2,1-2H3,(H,17,18). The predicted molar refractivity (Wildman–Crippen MR) is 95.6 cm³/mol. The summed E-state index contributed by atoms with van der Waals surface area (Å²) in [6.45, 7) is 4.78. The van der Waals surface area contributed by atoms with Gasteiger partial charge in [-0.05, 0) is 6.42 Å². The lowest BCUT2D eigenvalue weighted by molar-refractivity contribution is 0.0536. The summed E-state index contributed by atoms with van der Waals surface area (Å²) in [5.41, 5.74) is 1.03. The van der Waals surface area contributed by atoms with E-state index in [4.69, 9.17) is 9.47 Å². The van der Waals surface area contributed by atoms with Crippen molar-refractivity contribution in [1.29, 1.82) is 0 Å². The molecule has 132 valence electrons. The third kappa shape index (κ3) is 4.25. The summed E-state index contributed by atoms with van der Waals surface area (Å²) in [7, 11) is 3.52. The van der Waals surface area contributed by atoms with Gasteiger partial charge >= 0.3 is 0 Å². The SMILES string of the molecule is CN=C(NCc1cn2ccsc2n1)N1CCC(COCCOC)C1. The van der Waals surface area contributed by atoms with Gasteiger partial charge in [-0.1, -0.05) is 0 Å². The summed E-state index contributed by atoms with van der Waals surface area (Å²) in [5.74, 6) is 1.49. The van der Waals surface area contributed by atoms with Crippen LogP contribution in [0.2, 0.25) is 0 Å². The number of ether oxygens (including phenoxy) is 2. The molecule has 1 aliphatic heterocycles. The maximum Gasteiger partial charge on any atom is 0.193 e. The van der Waals surface area contributed by atoms with E-state index in [1.165, 1.54) is 0 Å². The maximum atomic E-state index is 5.65. The molecule has 1 fully saturated rings. The van der Waals surface area contributed by atoms with E-state index in [1.54, 1.807) is 18.4 Å². The molecule has 2 aromatic heterocycles. The van der Waals surface area contributed by atoms with Gasteiger partial charge in [0.1, 0.15) is 0 Å². The van der Waals surface area contributed by atoms with Gasteiger partial charge in [-0.25, -0.2) is 4.98 Å². The van der Waals surface area contributed by atoms with E-state index in [2.05, 4.69) is 26.4 Å². The summed E-state index contributed by atoms with van der Waals surface area (Å²) >= 11 is 1.65. The third-order valence-corrected chi connectivity index (χ3v) is 4.92. The van der Waals surface area contributed by atoms with E-state index in [0.717, 1.165) is 42.7 Å². The smallest absolute Gasteiger partial charge is 0.193 e. The highest BCUT2D eigenvalue weighted by Gasteiger charge is 2.25. The predicted octanol–water partition coefficient (Wildman–Crippen LogP) is 1.46. The Morgan fingerprint density at radius 1 is 1.50 bits per heavy atom. The van der Waals surface area contributed by atoms with Crippen molar-refractivity contribution in [3.05, 3.63) is 23.5 Å². The summed E-state index contributed by atoms with van der Waals surface area (Å²) < 4.78 is 12.7. The molecule has 1 N–H and O–H groups in total. The quantitative estimate of drug-likeness (QED) is 0.465. The second-order valence-electron chi connectivity index (χ2n) is 5.89. The maximum absolute atomic E-state index is 5.65. The highest BCUT2D eigenvalue weighted by Crippen LogP contribution is 2.17. The molecule has 7 nitrogen and oxygen atoms in total. The van der Waals surface area contributed by atoms with Gasteiger partial charge in [-0.15, -0.1) is 11.3 Å². The second-order valence-corrected chi connectivity index (χ2v) is 6.77. The first kappa shape index (κ1) is 17.2. The lowest BCUT2D eigenvalue weighted by Gasteiger charge is -2.21. The van der Waals surface area contributed by atoms with E-state index in [0.29, 0.717) is 25.7 Å². The Bertz CT molecular complexity index is 640. The van der Waals surface area contributed by atoms with E-state index in [9.17, 15) is 0 Å². The zero-order valence-corrected chi connectivity index (χ0v) is 15.1. The highest BCUT2D eigenvalue weighted by molar-refractivity contribution is 7.15. The van der Waals surface area contributed by atoms with Crippen molar-refractivity contribution in [2.45, 2.75) is 13.0 Å². The van der Waals surface area contributed by atoms with Crippen LogP contribution in [0.15, 0.2) is 22.8 Å². The number of methoxy groups -OCH3 is 1. The molecule has 0 aromatic carbocycles. The van der Waals surface area contributed by atoms with Crippen LogP contribution in [0.1, 0.15) is 12.1 Å². The van der Waals surface area contributed by atoms with Crippen LogP contribution in [0.25, 0.3) is 4.96 Å². The Morgan fingerprint density at radius 3 is 3.21 bits per heavy atom. The van der Waals surface area contributed by atoms with Gasteiger partial charge in [0.25, 0.3) is 0 Å². The number of likely N-dealkylation sites (tertiary alicyclic amines) is 1. The molecule has 24 heavy (non-hydrogen) atoms. The van der Waals surface area contributed by atoms with Crippen LogP contribution < -0.4 is 5.32 Å². The van der Waals surface area contributed by atoms with Crippen molar-refractivity contribution in [2.24, 2.45) is 10.9 Å². The molecule has 0 radical (unpaired) electrons. The minimum absolute atomic E-state index is 0.554. The molecule has 1 unspecified atom stereocenters. The second kappa shape index (κ2) is 8.46. The summed E-state index contributed by atoms with van der Waals surface area (Å²) in [6, 6.07) is 0. The van der Waals surface area contributed by atoms with Crippen molar-refractivity contribution in [2.75, 3.05) is 47.1 Å². The monoisotopic (exact) mass is 351 g/mol. The number of rotatable bonds is 7. The number of nitrogens with zero attached hydrogens (tertiary/aromatic N) is 4. The fourth-order valence-electron chi connectivity index (χ4n) is 2.92. The van der Waals surface area contributed by atoms with Crippen LogP contribution in [0.3, 0.4) is 0 Å². The molecular weight excluding hydrogens is 326 g/mol. The Labute approximate surface area is 146 Å². The Kier molecular flexibility index (Phi) is 6.06. The van der Waals surface area contributed by atoms with Crippen LogP contribution >= 0.6 is 11.3 Å². The number of imidazole rings is 1. The van der Waals surface area contributed by atoms with Gasteiger partial charge in [0.15, 0.2) is 10.9 Å². The number of thiazole rings is 1. The van der Waals surface area contributed by atoms with Gasteiger partial charge in [0.2, 0.25) is 0 Å². The molecule has 3 rings (SSSR count). The third-order valence-electron chi connectivity index (χ3n) is 4.15. The number of hydrogen-bond donors (Lipinski definition) is 1. The van der Waals surface area contributed by atoms with E-state index in [1.807, 2.05) is 23.0 Å². The van der Waals surface area contributed by atoms with E-state index in [-0.39, 0.29) is 0 Å². The van der Waals surface area contributed by atoms with E-state index >= 15 is 0 Å². The first-order chi connectivity index (χ1) is 11.8. The number of aliphatic imine (C=N–C) groups is 1. The average Bonchev–Trinajstić information content (AvgIpc) is 3.28. The Morgan fingerprint density at radius 2 is 2.42 bits per heavy atom. The summed E-state index contributed by atoms with van der Waals surface area (Å²) in [4.78, 5) is 12.3.